The summed E-state index contributed by atoms with van der Waals surface area (Å²) in [5.41, 5.74) is 2.20. The van der Waals surface area contributed by atoms with Gasteiger partial charge in [-0.3, -0.25) is 14.8 Å². The number of carbonyl (C=O) groups is 1. The largest absolute Gasteiger partial charge is 0.322 e. The van der Waals surface area contributed by atoms with Gasteiger partial charge in [0.15, 0.2) is 0 Å². The minimum atomic E-state index is -0.145. The lowest BCUT2D eigenvalue weighted by atomic mass is 10.2. The molecule has 0 saturated carbocycles. The van der Waals surface area contributed by atoms with Crippen molar-refractivity contribution in [2.75, 3.05) is 5.32 Å². The third kappa shape index (κ3) is 3.53. The Morgan fingerprint density at radius 1 is 1.18 bits per heavy atom. The number of hydrogen-bond acceptors (Lipinski definition) is 3. The summed E-state index contributed by atoms with van der Waals surface area (Å²) in [6.07, 6.45) is 4.84. The molecule has 0 fully saturated rings. The van der Waals surface area contributed by atoms with Gasteiger partial charge in [-0.25, -0.2) is 0 Å². The van der Waals surface area contributed by atoms with Crippen LogP contribution < -0.4 is 5.32 Å². The van der Waals surface area contributed by atoms with Gasteiger partial charge in [0.25, 0.3) is 5.91 Å². The summed E-state index contributed by atoms with van der Waals surface area (Å²) in [5, 5.41) is 2.79. The zero-order valence-corrected chi connectivity index (χ0v) is 10.1. The zero-order chi connectivity index (χ0) is 11.4. The summed E-state index contributed by atoms with van der Waals surface area (Å²) >= 11 is 0. The minimum Gasteiger partial charge on any atom is -0.322 e. The van der Waals surface area contributed by atoms with E-state index in [0.29, 0.717) is 5.56 Å². The van der Waals surface area contributed by atoms with Crippen molar-refractivity contribution in [1.82, 2.24) is 9.97 Å². The van der Waals surface area contributed by atoms with E-state index in [1.807, 2.05) is 13.0 Å². The first kappa shape index (κ1) is 13.1. The average Bonchev–Trinajstić information content (AvgIpc) is 2.30. The van der Waals surface area contributed by atoms with Gasteiger partial charge in [0.1, 0.15) is 0 Å². The maximum atomic E-state index is 11.8. The molecule has 2 aromatic heterocycles. The van der Waals surface area contributed by atoms with Crippen LogP contribution in [0.15, 0.2) is 42.9 Å². The van der Waals surface area contributed by atoms with E-state index in [-0.39, 0.29) is 18.3 Å². The molecule has 0 bridgehead atoms. The molecule has 0 radical (unpaired) electrons. The lowest BCUT2D eigenvalue weighted by Crippen LogP contribution is -2.11. The molecule has 2 rings (SSSR count). The van der Waals surface area contributed by atoms with E-state index in [4.69, 9.17) is 0 Å². The van der Waals surface area contributed by atoms with E-state index in [9.17, 15) is 4.79 Å². The molecule has 0 aliphatic heterocycles. The van der Waals surface area contributed by atoms with Crippen molar-refractivity contribution in [2.24, 2.45) is 0 Å². The Hall–Kier alpha value is -1.94. The number of carbonyl (C=O) groups excluding carboxylic acids is 1. The molecule has 5 heteroatoms. The summed E-state index contributed by atoms with van der Waals surface area (Å²) in [4.78, 5) is 19.7. The molecule has 0 unspecified atom stereocenters. The topological polar surface area (TPSA) is 54.9 Å². The maximum Gasteiger partial charge on any atom is 0.255 e. The van der Waals surface area contributed by atoms with Crippen LogP contribution in [-0.2, 0) is 0 Å². The molecule has 0 aliphatic rings. The third-order valence-electron chi connectivity index (χ3n) is 2.10. The number of rotatable bonds is 2. The van der Waals surface area contributed by atoms with Gasteiger partial charge in [-0.1, -0.05) is 0 Å². The zero-order valence-electron chi connectivity index (χ0n) is 9.25. The Labute approximate surface area is 106 Å². The van der Waals surface area contributed by atoms with Gasteiger partial charge in [0.2, 0.25) is 0 Å². The molecule has 0 aliphatic carbocycles. The van der Waals surface area contributed by atoms with Gasteiger partial charge in [0.05, 0.1) is 0 Å². The molecular weight excluding hydrogens is 238 g/mol. The van der Waals surface area contributed by atoms with Crippen molar-refractivity contribution in [2.45, 2.75) is 6.92 Å². The van der Waals surface area contributed by atoms with Crippen LogP contribution in [0, 0.1) is 6.92 Å². The lowest BCUT2D eigenvalue weighted by Gasteiger charge is -2.04. The molecule has 88 valence electrons. The molecule has 2 heterocycles. The predicted octanol–water partition coefficient (Wildman–Crippen LogP) is 2.46. The van der Waals surface area contributed by atoms with E-state index in [1.54, 1.807) is 36.8 Å². The summed E-state index contributed by atoms with van der Waals surface area (Å²) < 4.78 is 0. The number of pyridine rings is 2. The van der Waals surface area contributed by atoms with Crippen molar-refractivity contribution >= 4 is 24.0 Å². The smallest absolute Gasteiger partial charge is 0.255 e. The first-order valence-electron chi connectivity index (χ1n) is 4.90. The highest BCUT2D eigenvalue weighted by atomic mass is 35.5. The highest BCUT2D eigenvalue weighted by molar-refractivity contribution is 6.04. The van der Waals surface area contributed by atoms with E-state index in [1.165, 1.54) is 0 Å². The predicted molar refractivity (Wildman–Crippen MR) is 68.4 cm³/mol. The van der Waals surface area contributed by atoms with Crippen LogP contribution in [0.4, 0.5) is 5.69 Å². The van der Waals surface area contributed by atoms with Gasteiger partial charge in [-0.2, -0.15) is 0 Å². The van der Waals surface area contributed by atoms with Crippen LogP contribution in [0.1, 0.15) is 16.1 Å². The monoisotopic (exact) mass is 249 g/mol. The second-order valence-corrected chi connectivity index (χ2v) is 3.38. The van der Waals surface area contributed by atoms with Crippen molar-refractivity contribution < 1.29 is 4.79 Å². The first-order chi connectivity index (χ1) is 7.75. The Kier molecular flexibility index (Phi) is 4.60. The van der Waals surface area contributed by atoms with Crippen molar-refractivity contribution in [3.8, 4) is 0 Å². The Bertz CT molecular complexity index is 502. The summed E-state index contributed by atoms with van der Waals surface area (Å²) in [6.45, 7) is 1.88. The second-order valence-electron chi connectivity index (χ2n) is 3.38. The highest BCUT2D eigenvalue weighted by Crippen LogP contribution is 2.09. The Morgan fingerprint density at radius 3 is 2.53 bits per heavy atom. The average molecular weight is 250 g/mol. The van der Waals surface area contributed by atoms with Gasteiger partial charge in [0, 0.05) is 35.5 Å². The SMILES string of the molecule is Cc1cc(NC(=O)c2ccncc2)ccn1.Cl. The quantitative estimate of drug-likeness (QED) is 0.890. The number of anilines is 1. The molecular formula is C12H12ClN3O. The lowest BCUT2D eigenvalue weighted by molar-refractivity contribution is 0.102. The number of nitrogens with one attached hydrogen (secondary N) is 1. The maximum absolute atomic E-state index is 11.8. The first-order valence-corrected chi connectivity index (χ1v) is 4.90. The van der Waals surface area contributed by atoms with Gasteiger partial charge >= 0.3 is 0 Å². The van der Waals surface area contributed by atoms with Gasteiger partial charge < -0.3 is 5.32 Å². The molecule has 0 spiro atoms. The number of amides is 1. The minimum absolute atomic E-state index is 0. The number of nitrogens with zero attached hydrogens (tertiary/aromatic N) is 2. The fourth-order valence-corrected chi connectivity index (χ4v) is 1.33. The number of aromatic nitrogens is 2. The number of hydrogen-bond donors (Lipinski definition) is 1. The molecule has 1 amide bonds. The van der Waals surface area contributed by atoms with Crippen molar-refractivity contribution in [3.63, 3.8) is 0 Å². The summed E-state index contributed by atoms with van der Waals surface area (Å²) in [5.74, 6) is -0.145. The van der Waals surface area contributed by atoms with Gasteiger partial charge in [-0.05, 0) is 31.2 Å². The van der Waals surface area contributed by atoms with Crippen molar-refractivity contribution in [3.05, 3.63) is 54.1 Å². The van der Waals surface area contributed by atoms with Crippen LogP contribution in [0.3, 0.4) is 0 Å². The molecule has 0 atom stereocenters. The highest BCUT2D eigenvalue weighted by Gasteiger charge is 2.04. The van der Waals surface area contributed by atoms with Crippen LogP contribution in [0.5, 0.6) is 0 Å². The van der Waals surface area contributed by atoms with Gasteiger partial charge in [-0.15, -0.1) is 12.4 Å². The molecule has 1 N–H and O–H groups in total. The molecule has 0 aromatic carbocycles. The van der Waals surface area contributed by atoms with Crippen LogP contribution in [-0.4, -0.2) is 15.9 Å². The second kappa shape index (κ2) is 5.96. The van der Waals surface area contributed by atoms with Crippen molar-refractivity contribution in [1.29, 1.82) is 0 Å². The fourth-order valence-electron chi connectivity index (χ4n) is 1.33. The molecule has 4 nitrogen and oxygen atoms in total. The van der Waals surface area contributed by atoms with E-state index in [2.05, 4.69) is 15.3 Å². The summed E-state index contributed by atoms with van der Waals surface area (Å²) in [7, 11) is 0. The number of halogens is 1. The molecule has 2 aromatic rings. The van der Waals surface area contributed by atoms with E-state index in [0.717, 1.165) is 11.4 Å². The van der Waals surface area contributed by atoms with Crippen LogP contribution in [0.2, 0.25) is 0 Å². The normalized spacial score (nSPS) is 9.24. The third-order valence-corrected chi connectivity index (χ3v) is 2.10. The van der Waals surface area contributed by atoms with Crippen LogP contribution in [0.25, 0.3) is 0 Å². The Balaban J connectivity index is 0.00000144. The van der Waals surface area contributed by atoms with E-state index < -0.39 is 0 Å². The summed E-state index contributed by atoms with van der Waals surface area (Å²) in [6, 6.07) is 6.91. The Morgan fingerprint density at radius 2 is 1.88 bits per heavy atom. The van der Waals surface area contributed by atoms with E-state index >= 15 is 0 Å². The molecule has 0 saturated heterocycles. The molecule has 17 heavy (non-hydrogen) atoms. The number of aryl methyl sites for hydroxylation is 1. The standard InChI is InChI=1S/C12H11N3O.ClH/c1-9-8-11(4-7-14-9)15-12(16)10-2-5-13-6-3-10;/h2-8H,1H3,(H,14,15,16);1H. The fraction of sp³-hybridized carbons (Fsp3) is 0.0833. The van der Waals surface area contributed by atoms with Crippen LogP contribution >= 0.6 is 12.4 Å².